The topological polar surface area (TPSA) is 41.6 Å². The van der Waals surface area contributed by atoms with Gasteiger partial charge >= 0.3 is 0 Å². The van der Waals surface area contributed by atoms with E-state index in [0.717, 1.165) is 11.3 Å². The van der Waals surface area contributed by atoms with Crippen LogP contribution in [0.3, 0.4) is 0 Å². The molecule has 0 fully saturated rings. The Morgan fingerprint density at radius 3 is 2.73 bits per heavy atom. The fourth-order valence-electron chi connectivity index (χ4n) is 1.48. The van der Waals surface area contributed by atoms with E-state index in [1.165, 1.54) is 5.56 Å². The maximum atomic E-state index is 8.70. The minimum absolute atomic E-state index is 0.441. The van der Waals surface area contributed by atoms with E-state index in [1.54, 1.807) is 16.9 Å². The van der Waals surface area contributed by atoms with Gasteiger partial charge in [0.1, 0.15) is 6.07 Å². The van der Waals surface area contributed by atoms with Crippen molar-refractivity contribution < 1.29 is 0 Å². The summed E-state index contributed by atoms with van der Waals surface area (Å²) in [4.78, 5) is 0. The van der Waals surface area contributed by atoms with Crippen LogP contribution in [0.5, 0.6) is 0 Å². The third kappa shape index (κ3) is 1.75. The minimum Gasteiger partial charge on any atom is -0.239 e. The van der Waals surface area contributed by atoms with E-state index in [9.17, 15) is 0 Å². The fraction of sp³-hybridized carbons (Fsp3) is 0.167. The lowest BCUT2D eigenvalue weighted by atomic mass is 10.1. The van der Waals surface area contributed by atoms with Crippen molar-refractivity contribution in [3.05, 3.63) is 47.3 Å². The Bertz CT molecular complexity index is 532. The predicted octanol–water partition coefficient (Wildman–Crippen LogP) is 2.36. The second-order valence-electron chi connectivity index (χ2n) is 3.55. The van der Waals surface area contributed by atoms with Crippen LogP contribution in [0.4, 0.5) is 0 Å². The zero-order valence-electron chi connectivity index (χ0n) is 8.73. The molecule has 0 amide bonds. The van der Waals surface area contributed by atoms with Crippen molar-refractivity contribution in [2.24, 2.45) is 0 Å². The number of nitriles is 1. The predicted molar refractivity (Wildman–Crippen MR) is 57.8 cm³/mol. The molecule has 3 heteroatoms. The van der Waals surface area contributed by atoms with Crippen LogP contribution in [-0.4, -0.2) is 9.78 Å². The summed E-state index contributed by atoms with van der Waals surface area (Å²) in [5.74, 6) is 0. The van der Waals surface area contributed by atoms with Gasteiger partial charge in [-0.15, -0.1) is 0 Å². The molecule has 0 saturated carbocycles. The molecular formula is C12H11N3. The highest BCUT2D eigenvalue weighted by molar-refractivity contribution is 5.42. The number of aryl methyl sites for hydroxylation is 2. The summed E-state index contributed by atoms with van der Waals surface area (Å²) in [7, 11) is 0. The molecule has 0 unspecified atom stereocenters. The minimum atomic E-state index is 0.441. The van der Waals surface area contributed by atoms with Crippen LogP contribution in [0.1, 0.15) is 16.8 Å². The van der Waals surface area contributed by atoms with E-state index >= 15 is 0 Å². The summed E-state index contributed by atoms with van der Waals surface area (Å²) >= 11 is 0. The molecule has 0 aliphatic heterocycles. The molecule has 1 aromatic carbocycles. The molecule has 0 saturated heterocycles. The molecule has 0 aliphatic rings. The number of aromatic nitrogens is 2. The van der Waals surface area contributed by atoms with Gasteiger partial charge in [-0.2, -0.15) is 10.4 Å². The summed E-state index contributed by atoms with van der Waals surface area (Å²) in [6.07, 6.45) is 1.81. The van der Waals surface area contributed by atoms with Crippen LogP contribution in [0.2, 0.25) is 0 Å². The Morgan fingerprint density at radius 1 is 1.27 bits per heavy atom. The standard InChI is InChI=1S/C12H11N3/c1-9-3-4-10(2)12(7-9)15-6-5-11(8-13)14-15/h3-7H,1-2H3. The normalized spacial score (nSPS) is 9.93. The summed E-state index contributed by atoms with van der Waals surface area (Å²) in [5, 5.41) is 12.9. The summed E-state index contributed by atoms with van der Waals surface area (Å²) in [5.41, 5.74) is 3.80. The second kappa shape index (κ2) is 3.58. The highest BCUT2D eigenvalue weighted by Gasteiger charge is 2.03. The average molecular weight is 197 g/mol. The number of benzene rings is 1. The molecule has 3 nitrogen and oxygen atoms in total. The van der Waals surface area contributed by atoms with Crippen molar-refractivity contribution >= 4 is 0 Å². The van der Waals surface area contributed by atoms with Gasteiger partial charge in [0.15, 0.2) is 5.69 Å². The van der Waals surface area contributed by atoms with Crippen LogP contribution >= 0.6 is 0 Å². The molecule has 0 N–H and O–H groups in total. The SMILES string of the molecule is Cc1ccc(C)c(-n2ccc(C#N)n2)c1. The van der Waals surface area contributed by atoms with Gasteiger partial charge in [-0.1, -0.05) is 12.1 Å². The zero-order chi connectivity index (χ0) is 10.8. The van der Waals surface area contributed by atoms with Crippen molar-refractivity contribution in [1.82, 2.24) is 9.78 Å². The lowest BCUT2D eigenvalue weighted by molar-refractivity contribution is 0.864. The third-order valence-electron chi connectivity index (χ3n) is 2.32. The third-order valence-corrected chi connectivity index (χ3v) is 2.32. The van der Waals surface area contributed by atoms with E-state index in [0.29, 0.717) is 5.69 Å². The highest BCUT2D eigenvalue weighted by atomic mass is 15.3. The first-order valence-corrected chi connectivity index (χ1v) is 4.74. The quantitative estimate of drug-likeness (QED) is 0.704. The molecule has 0 aliphatic carbocycles. The van der Waals surface area contributed by atoms with Crippen molar-refractivity contribution in [2.45, 2.75) is 13.8 Å². The van der Waals surface area contributed by atoms with Gasteiger partial charge in [0.2, 0.25) is 0 Å². The lowest BCUT2D eigenvalue weighted by Crippen LogP contribution is -1.98. The number of hydrogen-bond acceptors (Lipinski definition) is 2. The van der Waals surface area contributed by atoms with Gasteiger partial charge in [0.05, 0.1) is 5.69 Å². The first kappa shape index (κ1) is 9.47. The van der Waals surface area contributed by atoms with Gasteiger partial charge in [0, 0.05) is 6.20 Å². The van der Waals surface area contributed by atoms with Crippen LogP contribution in [-0.2, 0) is 0 Å². The van der Waals surface area contributed by atoms with Crippen molar-refractivity contribution in [2.75, 3.05) is 0 Å². The van der Waals surface area contributed by atoms with Crippen molar-refractivity contribution in [1.29, 1.82) is 5.26 Å². The average Bonchev–Trinajstić information content (AvgIpc) is 2.70. The first-order chi connectivity index (χ1) is 7.20. The second-order valence-corrected chi connectivity index (χ2v) is 3.55. The van der Waals surface area contributed by atoms with Gasteiger partial charge < -0.3 is 0 Å². The smallest absolute Gasteiger partial charge is 0.162 e. The molecule has 0 spiro atoms. The van der Waals surface area contributed by atoms with E-state index in [2.05, 4.69) is 23.3 Å². The van der Waals surface area contributed by atoms with E-state index < -0.39 is 0 Å². The van der Waals surface area contributed by atoms with E-state index in [4.69, 9.17) is 5.26 Å². The molecular weight excluding hydrogens is 186 g/mol. The van der Waals surface area contributed by atoms with Gasteiger partial charge in [-0.05, 0) is 37.1 Å². The maximum absolute atomic E-state index is 8.70. The van der Waals surface area contributed by atoms with Crippen molar-refractivity contribution in [3.63, 3.8) is 0 Å². The molecule has 0 radical (unpaired) electrons. The highest BCUT2D eigenvalue weighted by Crippen LogP contribution is 2.15. The maximum Gasteiger partial charge on any atom is 0.162 e. The Balaban J connectivity index is 2.54. The molecule has 2 rings (SSSR count). The number of rotatable bonds is 1. The summed E-state index contributed by atoms with van der Waals surface area (Å²) in [6, 6.07) is 9.91. The number of hydrogen-bond donors (Lipinski definition) is 0. The molecule has 0 atom stereocenters. The molecule has 1 heterocycles. The Labute approximate surface area is 88.6 Å². The summed E-state index contributed by atoms with van der Waals surface area (Å²) in [6.45, 7) is 4.07. The molecule has 2 aromatic rings. The van der Waals surface area contributed by atoms with Gasteiger partial charge in [-0.3, -0.25) is 0 Å². The zero-order valence-corrected chi connectivity index (χ0v) is 8.73. The van der Waals surface area contributed by atoms with Gasteiger partial charge in [-0.25, -0.2) is 4.68 Å². The van der Waals surface area contributed by atoms with Crippen LogP contribution < -0.4 is 0 Å². The van der Waals surface area contributed by atoms with E-state index in [-0.39, 0.29) is 0 Å². The van der Waals surface area contributed by atoms with Crippen LogP contribution in [0.15, 0.2) is 30.5 Å². The monoisotopic (exact) mass is 197 g/mol. The van der Waals surface area contributed by atoms with Crippen molar-refractivity contribution in [3.8, 4) is 11.8 Å². The Morgan fingerprint density at radius 2 is 2.07 bits per heavy atom. The Kier molecular flexibility index (Phi) is 2.26. The fourth-order valence-corrected chi connectivity index (χ4v) is 1.48. The van der Waals surface area contributed by atoms with Gasteiger partial charge in [0.25, 0.3) is 0 Å². The lowest BCUT2D eigenvalue weighted by Gasteiger charge is -2.06. The Hall–Kier alpha value is -2.08. The first-order valence-electron chi connectivity index (χ1n) is 4.74. The largest absolute Gasteiger partial charge is 0.239 e. The number of nitrogens with zero attached hydrogens (tertiary/aromatic N) is 3. The molecule has 0 bridgehead atoms. The van der Waals surface area contributed by atoms with E-state index in [1.807, 2.05) is 19.9 Å². The van der Waals surface area contributed by atoms with Crippen LogP contribution in [0, 0.1) is 25.2 Å². The molecule has 15 heavy (non-hydrogen) atoms. The molecule has 74 valence electrons. The summed E-state index contributed by atoms with van der Waals surface area (Å²) < 4.78 is 1.74. The molecule has 1 aromatic heterocycles. The van der Waals surface area contributed by atoms with Crippen LogP contribution in [0.25, 0.3) is 5.69 Å².